The van der Waals surface area contributed by atoms with Crippen molar-refractivity contribution in [3.63, 3.8) is 0 Å². The second-order valence-electron chi connectivity index (χ2n) is 6.01. The predicted octanol–water partition coefficient (Wildman–Crippen LogP) is 3.84. The first-order chi connectivity index (χ1) is 13.1. The van der Waals surface area contributed by atoms with Gasteiger partial charge in [-0.1, -0.05) is 18.2 Å². The summed E-state index contributed by atoms with van der Waals surface area (Å²) in [4.78, 5) is 16.2. The zero-order valence-corrected chi connectivity index (χ0v) is 14.2. The molecule has 0 spiro atoms. The summed E-state index contributed by atoms with van der Waals surface area (Å²) in [7, 11) is 0. The van der Waals surface area contributed by atoms with E-state index in [-0.39, 0.29) is 25.6 Å². The molecule has 0 unspecified atom stereocenters. The van der Waals surface area contributed by atoms with Crippen molar-refractivity contribution in [3.8, 4) is 11.5 Å². The van der Waals surface area contributed by atoms with Crippen LogP contribution in [0.3, 0.4) is 0 Å². The number of rotatable bonds is 6. The maximum Gasteiger partial charge on any atom is 0.320 e. The van der Waals surface area contributed by atoms with E-state index in [4.69, 9.17) is 14.2 Å². The largest absolute Gasteiger partial charge is 0.457 e. The number of fused-ring (bicyclic) bond motifs is 2. The van der Waals surface area contributed by atoms with E-state index in [1.165, 1.54) is 0 Å². The van der Waals surface area contributed by atoms with Crippen LogP contribution in [0.15, 0.2) is 42.5 Å². The van der Waals surface area contributed by atoms with Gasteiger partial charge in [0.15, 0.2) is 17.3 Å². The van der Waals surface area contributed by atoms with Crippen molar-refractivity contribution in [1.29, 1.82) is 0 Å². The number of hydrogen-bond donors (Lipinski definition) is 0. The van der Waals surface area contributed by atoms with Gasteiger partial charge >= 0.3 is 12.5 Å². The van der Waals surface area contributed by atoms with Crippen LogP contribution >= 0.6 is 0 Å². The highest BCUT2D eigenvalue weighted by molar-refractivity contribution is 5.76. The lowest BCUT2D eigenvalue weighted by Gasteiger charge is -2.09. The zero-order chi connectivity index (χ0) is 18.8. The molecule has 1 aromatic heterocycles. The molecule has 0 aliphatic carbocycles. The zero-order valence-electron chi connectivity index (χ0n) is 14.2. The third kappa shape index (κ3) is 3.55. The third-order valence-electron chi connectivity index (χ3n) is 4.28. The Morgan fingerprint density at radius 3 is 2.85 bits per heavy atom. The maximum atomic E-state index is 13.4. The van der Waals surface area contributed by atoms with Gasteiger partial charge in [-0.05, 0) is 36.2 Å². The molecule has 6 nitrogen and oxygen atoms in total. The van der Waals surface area contributed by atoms with E-state index in [1.54, 1.807) is 30.3 Å². The fraction of sp³-hybridized carbons (Fsp3) is 0.263. The van der Waals surface area contributed by atoms with Crippen LogP contribution in [-0.4, -0.2) is 22.3 Å². The number of aromatic nitrogens is 2. The number of alkyl halides is 2. The Hall–Kier alpha value is -3.16. The summed E-state index contributed by atoms with van der Waals surface area (Å²) in [6, 6.07) is 12.0. The van der Waals surface area contributed by atoms with E-state index in [1.807, 2.05) is 12.1 Å². The topological polar surface area (TPSA) is 62.6 Å². The lowest BCUT2D eigenvalue weighted by Crippen LogP contribution is -2.11. The number of imidazole rings is 1. The Kier molecular flexibility index (Phi) is 4.62. The van der Waals surface area contributed by atoms with Crippen molar-refractivity contribution in [3.05, 3.63) is 53.9 Å². The molecule has 0 N–H and O–H groups in total. The van der Waals surface area contributed by atoms with Crippen molar-refractivity contribution in [2.24, 2.45) is 0 Å². The number of halogens is 2. The number of hydrogen-bond acceptors (Lipinski definition) is 5. The highest BCUT2D eigenvalue weighted by atomic mass is 19.3. The summed E-state index contributed by atoms with van der Waals surface area (Å²) in [5, 5.41) is 0. The van der Waals surface area contributed by atoms with Gasteiger partial charge in [0, 0.05) is 6.42 Å². The Bertz CT molecular complexity index is 987. The Labute approximate surface area is 153 Å². The lowest BCUT2D eigenvalue weighted by molar-refractivity contribution is -0.145. The van der Waals surface area contributed by atoms with Gasteiger partial charge in [-0.3, -0.25) is 9.36 Å². The van der Waals surface area contributed by atoms with Crippen LogP contribution in [0.2, 0.25) is 0 Å². The van der Waals surface area contributed by atoms with E-state index in [0.29, 0.717) is 29.0 Å². The summed E-state index contributed by atoms with van der Waals surface area (Å²) in [6.07, 6.45) is 0.565. The first kappa shape index (κ1) is 17.3. The molecule has 2 aromatic carbocycles. The molecule has 4 rings (SSSR count). The monoisotopic (exact) mass is 374 g/mol. The van der Waals surface area contributed by atoms with Crippen LogP contribution in [0.5, 0.6) is 11.5 Å². The summed E-state index contributed by atoms with van der Waals surface area (Å²) >= 11 is 0. The molecular weight excluding hydrogens is 358 g/mol. The Morgan fingerprint density at radius 1 is 1.19 bits per heavy atom. The summed E-state index contributed by atoms with van der Waals surface area (Å²) in [5.41, 5.74) is 1.64. The number of carbonyl (C=O) groups is 1. The molecule has 0 atom stereocenters. The average molecular weight is 374 g/mol. The van der Waals surface area contributed by atoms with E-state index in [0.717, 1.165) is 10.1 Å². The second kappa shape index (κ2) is 7.22. The van der Waals surface area contributed by atoms with Gasteiger partial charge in [-0.25, -0.2) is 4.98 Å². The third-order valence-corrected chi connectivity index (χ3v) is 4.28. The van der Waals surface area contributed by atoms with Gasteiger partial charge in [0.25, 0.3) is 0 Å². The van der Waals surface area contributed by atoms with Crippen molar-refractivity contribution in [2.45, 2.75) is 26.0 Å². The SMILES string of the molecule is O=C(CCc1ccc2c(c1)OCO2)OCc1nc2ccccc2n1C(F)F. The lowest BCUT2D eigenvalue weighted by atomic mass is 10.1. The fourth-order valence-electron chi connectivity index (χ4n) is 2.97. The summed E-state index contributed by atoms with van der Waals surface area (Å²) in [5.74, 6) is 0.849. The van der Waals surface area contributed by atoms with Crippen molar-refractivity contribution < 1.29 is 27.8 Å². The molecule has 3 aromatic rings. The van der Waals surface area contributed by atoms with Crippen LogP contribution in [0, 0.1) is 0 Å². The van der Waals surface area contributed by atoms with Crippen LogP contribution < -0.4 is 9.47 Å². The van der Waals surface area contributed by atoms with Gasteiger partial charge in [0.2, 0.25) is 6.79 Å². The highest BCUT2D eigenvalue weighted by Crippen LogP contribution is 2.32. The van der Waals surface area contributed by atoms with E-state index in [9.17, 15) is 13.6 Å². The van der Waals surface area contributed by atoms with Gasteiger partial charge in [-0.2, -0.15) is 8.78 Å². The minimum absolute atomic E-state index is 0.0163. The van der Waals surface area contributed by atoms with E-state index < -0.39 is 12.5 Å². The number of carbonyl (C=O) groups excluding carboxylic acids is 1. The van der Waals surface area contributed by atoms with E-state index >= 15 is 0 Å². The molecule has 0 bridgehead atoms. The molecule has 0 fully saturated rings. The molecule has 140 valence electrons. The molecule has 0 saturated heterocycles. The highest BCUT2D eigenvalue weighted by Gasteiger charge is 2.19. The van der Waals surface area contributed by atoms with Gasteiger partial charge in [-0.15, -0.1) is 0 Å². The second-order valence-corrected chi connectivity index (χ2v) is 6.01. The minimum atomic E-state index is -2.76. The molecule has 0 saturated carbocycles. The van der Waals surface area contributed by atoms with Crippen molar-refractivity contribution >= 4 is 17.0 Å². The number of aryl methyl sites for hydroxylation is 1. The summed E-state index contributed by atoms with van der Waals surface area (Å²) < 4.78 is 43.2. The average Bonchev–Trinajstić information content (AvgIpc) is 3.28. The van der Waals surface area contributed by atoms with Crippen LogP contribution in [-0.2, 0) is 22.6 Å². The van der Waals surface area contributed by atoms with Crippen molar-refractivity contribution in [1.82, 2.24) is 9.55 Å². The maximum absolute atomic E-state index is 13.4. The number of esters is 1. The summed E-state index contributed by atoms with van der Waals surface area (Å²) in [6.45, 7) is -2.88. The van der Waals surface area contributed by atoms with E-state index in [2.05, 4.69) is 4.98 Å². The molecule has 2 heterocycles. The molecule has 8 heteroatoms. The molecular formula is C19H16F2N2O4. The quantitative estimate of drug-likeness (QED) is 0.614. The molecule has 1 aliphatic heterocycles. The number of nitrogens with zero attached hydrogens (tertiary/aromatic N) is 2. The Morgan fingerprint density at radius 2 is 2.00 bits per heavy atom. The van der Waals surface area contributed by atoms with Crippen LogP contribution in [0.4, 0.5) is 8.78 Å². The standard InChI is InChI=1S/C19H16F2N2O4/c20-19(21)23-14-4-2-1-3-13(14)22-17(23)10-25-18(24)8-6-12-5-7-15-16(9-12)27-11-26-15/h1-5,7,9,19H,6,8,10-11H2. The fourth-order valence-corrected chi connectivity index (χ4v) is 2.97. The van der Waals surface area contributed by atoms with Gasteiger partial charge in [0.1, 0.15) is 6.61 Å². The molecule has 27 heavy (non-hydrogen) atoms. The predicted molar refractivity (Wildman–Crippen MR) is 91.7 cm³/mol. The van der Waals surface area contributed by atoms with Crippen LogP contribution in [0.1, 0.15) is 24.4 Å². The number of benzene rings is 2. The molecule has 0 radical (unpaired) electrons. The number of ether oxygens (including phenoxy) is 3. The van der Waals surface area contributed by atoms with Crippen molar-refractivity contribution in [2.75, 3.05) is 6.79 Å². The molecule has 0 amide bonds. The first-order valence-electron chi connectivity index (χ1n) is 8.40. The number of para-hydroxylation sites is 2. The van der Waals surface area contributed by atoms with Crippen LogP contribution in [0.25, 0.3) is 11.0 Å². The minimum Gasteiger partial charge on any atom is -0.457 e. The normalized spacial score (nSPS) is 12.7. The first-order valence-corrected chi connectivity index (χ1v) is 8.40. The van der Waals surface area contributed by atoms with Gasteiger partial charge in [0.05, 0.1) is 11.0 Å². The molecule has 1 aliphatic rings. The smallest absolute Gasteiger partial charge is 0.320 e. The Balaban J connectivity index is 1.38. The van der Waals surface area contributed by atoms with Gasteiger partial charge < -0.3 is 14.2 Å².